The lowest BCUT2D eigenvalue weighted by atomic mass is 10.1. The number of ether oxygens (including phenoxy) is 1. The minimum atomic E-state index is -3.47. The van der Waals surface area contributed by atoms with E-state index in [9.17, 15) is 8.42 Å². The second kappa shape index (κ2) is 4.86. The third-order valence-electron chi connectivity index (χ3n) is 1.79. The molecule has 0 atom stereocenters. The van der Waals surface area contributed by atoms with Gasteiger partial charge in [0.2, 0.25) is 9.05 Å². The van der Waals surface area contributed by atoms with Gasteiger partial charge in [-0.1, -0.05) is 6.07 Å². The van der Waals surface area contributed by atoms with E-state index in [0.29, 0.717) is 5.75 Å². The highest BCUT2D eigenvalue weighted by Gasteiger charge is 2.05. The molecule has 0 bridgehead atoms. The van der Waals surface area contributed by atoms with Gasteiger partial charge in [0.15, 0.2) is 0 Å². The predicted molar refractivity (Wildman–Crippen MR) is 61.1 cm³/mol. The zero-order valence-corrected chi connectivity index (χ0v) is 10.2. The highest BCUT2D eigenvalue weighted by molar-refractivity contribution is 8.13. The fourth-order valence-electron chi connectivity index (χ4n) is 1.28. The molecule has 1 aromatic rings. The Kier molecular flexibility index (Phi) is 3.99. The first-order valence-electron chi connectivity index (χ1n) is 4.50. The molecule has 0 N–H and O–H groups in total. The molecule has 3 nitrogen and oxygen atoms in total. The van der Waals surface area contributed by atoms with Crippen LogP contribution < -0.4 is 4.74 Å². The highest BCUT2D eigenvalue weighted by Crippen LogP contribution is 2.16. The Hall–Kier alpha value is -0.740. The summed E-state index contributed by atoms with van der Waals surface area (Å²) in [5.41, 5.74) is 2.16. The van der Waals surface area contributed by atoms with Gasteiger partial charge in [-0.25, -0.2) is 8.42 Å². The number of hydrogen-bond acceptors (Lipinski definition) is 3. The Labute approximate surface area is 94.4 Å². The van der Waals surface area contributed by atoms with Crippen LogP contribution in [0.2, 0.25) is 0 Å². The van der Waals surface area contributed by atoms with E-state index < -0.39 is 9.05 Å². The van der Waals surface area contributed by atoms with Gasteiger partial charge in [0, 0.05) is 10.7 Å². The van der Waals surface area contributed by atoms with Crippen LogP contribution in [0.15, 0.2) is 18.2 Å². The molecule has 0 fully saturated rings. The Bertz CT molecular complexity index is 420. The van der Waals surface area contributed by atoms with E-state index in [0.717, 1.165) is 11.1 Å². The van der Waals surface area contributed by atoms with Crippen LogP contribution in [0.5, 0.6) is 5.75 Å². The molecule has 0 aromatic heterocycles. The number of rotatable bonds is 4. The average Bonchev–Trinajstić information content (AvgIpc) is 1.99. The molecule has 0 saturated carbocycles. The van der Waals surface area contributed by atoms with E-state index in [1.54, 1.807) is 0 Å². The first kappa shape index (κ1) is 12.3. The molecule has 0 spiro atoms. The summed E-state index contributed by atoms with van der Waals surface area (Å²) in [7, 11) is 1.59. The van der Waals surface area contributed by atoms with Gasteiger partial charge in [-0.3, -0.25) is 0 Å². The van der Waals surface area contributed by atoms with Crippen molar-refractivity contribution in [2.45, 2.75) is 13.8 Å². The number of hydrogen-bond donors (Lipinski definition) is 0. The monoisotopic (exact) mass is 248 g/mol. The molecule has 84 valence electrons. The van der Waals surface area contributed by atoms with Crippen molar-refractivity contribution in [1.82, 2.24) is 0 Å². The van der Waals surface area contributed by atoms with Crippen molar-refractivity contribution in [2.24, 2.45) is 0 Å². The normalized spacial score (nSPS) is 11.4. The second-order valence-corrected chi connectivity index (χ2v) is 6.31. The lowest BCUT2D eigenvalue weighted by molar-refractivity contribution is 0.341. The lowest BCUT2D eigenvalue weighted by Crippen LogP contribution is -2.08. The van der Waals surface area contributed by atoms with Crippen LogP contribution in [0.3, 0.4) is 0 Å². The standard InChI is InChI=1S/C10H13ClO3S/c1-8-5-9(2)7-10(6-8)14-3-4-15(11,12)13/h5-7H,3-4H2,1-2H3. The fourth-order valence-corrected chi connectivity index (χ4v) is 1.75. The van der Waals surface area contributed by atoms with Gasteiger partial charge in [-0.2, -0.15) is 0 Å². The zero-order chi connectivity index (χ0) is 11.5. The van der Waals surface area contributed by atoms with Gasteiger partial charge in [0.25, 0.3) is 0 Å². The van der Waals surface area contributed by atoms with Crippen molar-refractivity contribution in [3.8, 4) is 5.75 Å². The van der Waals surface area contributed by atoms with Crippen molar-refractivity contribution in [3.05, 3.63) is 29.3 Å². The van der Waals surface area contributed by atoms with Crippen LogP contribution in [0, 0.1) is 13.8 Å². The van der Waals surface area contributed by atoms with E-state index in [-0.39, 0.29) is 12.4 Å². The molecular weight excluding hydrogens is 236 g/mol. The van der Waals surface area contributed by atoms with Crippen LogP contribution in [-0.2, 0) is 9.05 Å². The van der Waals surface area contributed by atoms with Crippen LogP contribution in [0.25, 0.3) is 0 Å². The molecular formula is C10H13ClO3S. The van der Waals surface area contributed by atoms with Crippen LogP contribution in [0.4, 0.5) is 0 Å². The lowest BCUT2D eigenvalue weighted by Gasteiger charge is -2.06. The summed E-state index contributed by atoms with van der Waals surface area (Å²) in [5.74, 6) is 0.495. The van der Waals surface area contributed by atoms with Crippen molar-refractivity contribution in [2.75, 3.05) is 12.4 Å². The summed E-state index contributed by atoms with van der Waals surface area (Å²) >= 11 is 0. The summed E-state index contributed by atoms with van der Waals surface area (Å²) < 4.78 is 26.6. The smallest absolute Gasteiger partial charge is 0.235 e. The summed E-state index contributed by atoms with van der Waals surface area (Å²) in [6.07, 6.45) is 0. The van der Waals surface area contributed by atoms with Crippen LogP contribution >= 0.6 is 10.7 Å². The zero-order valence-electron chi connectivity index (χ0n) is 8.66. The molecule has 0 unspecified atom stereocenters. The van der Waals surface area contributed by atoms with Crippen molar-refractivity contribution < 1.29 is 13.2 Å². The summed E-state index contributed by atoms with van der Waals surface area (Å²) in [6.45, 7) is 3.99. The maximum Gasteiger partial charge on any atom is 0.235 e. The first-order chi connectivity index (χ1) is 6.87. The second-order valence-electron chi connectivity index (χ2n) is 3.41. The molecule has 1 rings (SSSR count). The van der Waals surface area contributed by atoms with Crippen molar-refractivity contribution in [1.29, 1.82) is 0 Å². The van der Waals surface area contributed by atoms with E-state index >= 15 is 0 Å². The van der Waals surface area contributed by atoms with E-state index in [1.165, 1.54) is 0 Å². The quantitative estimate of drug-likeness (QED) is 0.768. The van der Waals surface area contributed by atoms with Crippen molar-refractivity contribution >= 4 is 19.7 Å². The minimum Gasteiger partial charge on any atom is -0.492 e. The third kappa shape index (κ3) is 5.04. The molecule has 0 heterocycles. The summed E-state index contributed by atoms with van der Waals surface area (Å²) in [4.78, 5) is 0. The third-order valence-corrected chi connectivity index (χ3v) is 2.91. The largest absolute Gasteiger partial charge is 0.492 e. The Morgan fingerprint density at radius 1 is 1.20 bits per heavy atom. The Balaban J connectivity index is 2.58. The maximum atomic E-state index is 10.6. The maximum absolute atomic E-state index is 10.6. The molecule has 0 aliphatic heterocycles. The van der Waals surface area contributed by atoms with Gasteiger partial charge in [0.05, 0.1) is 5.75 Å². The van der Waals surface area contributed by atoms with E-state index in [1.807, 2.05) is 32.0 Å². The topological polar surface area (TPSA) is 43.4 Å². The molecule has 0 aliphatic carbocycles. The predicted octanol–water partition coefficient (Wildman–Crippen LogP) is 2.25. The van der Waals surface area contributed by atoms with Gasteiger partial charge < -0.3 is 4.74 Å². The molecule has 0 aliphatic rings. The Morgan fingerprint density at radius 2 is 1.73 bits per heavy atom. The van der Waals surface area contributed by atoms with Gasteiger partial charge >= 0.3 is 0 Å². The summed E-state index contributed by atoms with van der Waals surface area (Å²) in [5, 5.41) is 0. The average molecular weight is 249 g/mol. The number of benzene rings is 1. The number of aryl methyl sites for hydroxylation is 2. The van der Waals surface area contributed by atoms with Gasteiger partial charge in [-0.15, -0.1) is 0 Å². The van der Waals surface area contributed by atoms with Gasteiger partial charge in [-0.05, 0) is 37.1 Å². The van der Waals surface area contributed by atoms with E-state index in [2.05, 4.69) is 0 Å². The molecule has 0 saturated heterocycles. The van der Waals surface area contributed by atoms with Crippen molar-refractivity contribution in [3.63, 3.8) is 0 Å². The molecule has 5 heteroatoms. The molecule has 0 amide bonds. The SMILES string of the molecule is Cc1cc(C)cc(OCCS(=O)(=O)Cl)c1. The number of halogens is 1. The van der Waals surface area contributed by atoms with E-state index in [4.69, 9.17) is 15.4 Å². The molecule has 1 aromatic carbocycles. The molecule has 15 heavy (non-hydrogen) atoms. The Morgan fingerprint density at radius 3 is 2.20 bits per heavy atom. The van der Waals surface area contributed by atoms with Crippen LogP contribution in [-0.4, -0.2) is 20.8 Å². The highest BCUT2D eigenvalue weighted by atomic mass is 35.7. The fraction of sp³-hybridized carbons (Fsp3) is 0.400. The van der Waals surface area contributed by atoms with Crippen LogP contribution in [0.1, 0.15) is 11.1 Å². The van der Waals surface area contributed by atoms with Gasteiger partial charge in [0.1, 0.15) is 12.4 Å². The minimum absolute atomic E-state index is 0.0781. The summed E-state index contributed by atoms with van der Waals surface area (Å²) in [6, 6.07) is 5.73. The first-order valence-corrected chi connectivity index (χ1v) is 6.98. The molecule has 0 radical (unpaired) electrons.